The normalized spacial score (nSPS) is 0. The minimum atomic E-state index is 0. The molecule has 0 unspecified atom stereocenters. The van der Waals surface area contributed by atoms with E-state index in [0.29, 0.717) is 0 Å². The Hall–Kier alpha value is 3.31. The summed E-state index contributed by atoms with van der Waals surface area (Å²) in [5.74, 6) is 0. The zero-order valence-electron chi connectivity index (χ0n) is 5.73. The molecule has 0 saturated carbocycles. The van der Waals surface area contributed by atoms with Crippen LogP contribution in [0.2, 0.25) is 0 Å². The van der Waals surface area contributed by atoms with Gasteiger partial charge in [-0.3, -0.25) is 0 Å². The van der Waals surface area contributed by atoms with Crippen molar-refractivity contribution in [3.05, 3.63) is 29.7 Å². The molecule has 0 rings (SSSR count). The molecule has 0 N–H and O–H groups in total. The van der Waals surface area contributed by atoms with Crippen LogP contribution >= 0.6 is 0 Å². The fourth-order valence-corrected chi connectivity index (χ4v) is 0. The largest absolute Gasteiger partial charge is 0.358 e. The molecule has 3 heteroatoms. The molecule has 0 aliphatic heterocycles. The maximum Gasteiger partial charge on any atom is 0 e. The third-order valence-electron chi connectivity index (χ3n) is 0. The molecule has 0 atom stereocenters. The number of hydrogen-bond donors (Lipinski definition) is 0. The van der Waals surface area contributed by atoms with Crippen molar-refractivity contribution in [2.24, 2.45) is 0 Å². The van der Waals surface area contributed by atoms with Gasteiger partial charge in [0.1, 0.15) is 0 Å². The molecule has 0 saturated heterocycles. The average molecular weight is 343 g/mol. The Morgan fingerprint density at radius 2 is 0.375 bits per heavy atom. The summed E-state index contributed by atoms with van der Waals surface area (Å²) in [5.41, 5.74) is 0. The topological polar surface area (TPSA) is 0 Å². The fraction of sp³-hybridized carbons (Fsp3) is 0.200. The van der Waals surface area contributed by atoms with E-state index in [1.165, 1.54) is 0 Å². The van der Waals surface area contributed by atoms with Crippen molar-refractivity contribution >= 4 is 0 Å². The molecule has 0 bridgehead atoms. The van der Waals surface area contributed by atoms with Crippen LogP contribution in [-0.2, 0) is 98.1 Å². The number of rotatable bonds is 0. The molecular weight excluding hydrogens is 327 g/mol. The summed E-state index contributed by atoms with van der Waals surface area (Å²) < 4.78 is 0. The smallest absolute Gasteiger partial charge is 0 e. The molecule has 8 heavy (non-hydrogen) atoms. The van der Waals surface area contributed by atoms with Crippen molar-refractivity contribution in [2.75, 3.05) is 0 Å². The molecule has 3 radical (unpaired) electrons. The quantitative estimate of drug-likeness (QED) is 0.593. The molecule has 0 nitrogen and oxygen atoms in total. The Morgan fingerprint density at radius 1 is 0.375 bits per heavy atom. The summed E-state index contributed by atoms with van der Waals surface area (Å²) in [5, 5.41) is 0. The van der Waals surface area contributed by atoms with E-state index in [0.717, 1.165) is 0 Å². The summed E-state index contributed by atoms with van der Waals surface area (Å²) >= 11 is 0. The molecule has 0 heterocycles. The summed E-state index contributed by atoms with van der Waals surface area (Å²) in [6.45, 7) is 0. The van der Waals surface area contributed by atoms with E-state index in [4.69, 9.17) is 0 Å². The van der Waals surface area contributed by atoms with Gasteiger partial charge in [0.05, 0.1) is 0 Å². The predicted octanol–water partition coefficient (Wildman–Crippen LogP) is 2.43. The van der Waals surface area contributed by atoms with Gasteiger partial charge in [-0.05, 0) is 0 Å². The molecule has 49 valence electrons. The molecule has 0 aromatic rings. The van der Waals surface area contributed by atoms with Crippen LogP contribution in [0.25, 0.3) is 0 Å². The second-order valence-corrected chi connectivity index (χ2v) is 0. The van der Waals surface area contributed by atoms with Gasteiger partial charge in [-0.1, -0.05) is 7.43 Å². The summed E-state index contributed by atoms with van der Waals surface area (Å²) in [4.78, 5) is 0. The van der Waals surface area contributed by atoms with Gasteiger partial charge in [-0.2, -0.15) is 0 Å². The van der Waals surface area contributed by atoms with E-state index in [2.05, 4.69) is 0 Å². The van der Waals surface area contributed by atoms with Crippen LogP contribution in [0.4, 0.5) is 0 Å². The van der Waals surface area contributed by atoms with Gasteiger partial charge in [0.15, 0.2) is 0 Å². The maximum atomic E-state index is 0. The summed E-state index contributed by atoms with van der Waals surface area (Å²) in [6, 6.07) is 0. The first-order chi connectivity index (χ1) is 0. The molecule has 0 amide bonds. The van der Waals surface area contributed by atoms with E-state index >= 15 is 0 Å². The van der Waals surface area contributed by atoms with Gasteiger partial charge in [0.25, 0.3) is 0 Å². The molecule has 0 aromatic carbocycles. The first-order valence-corrected chi connectivity index (χ1v) is 0. The van der Waals surface area contributed by atoms with Gasteiger partial charge in [-0.15, -0.1) is 0 Å². The summed E-state index contributed by atoms with van der Waals surface area (Å²) in [7, 11) is 0. The standard InChI is InChI=1S/CH4.4CH3.3Y/h1H4;4*1H3;;;/q;4*-1;;;. The van der Waals surface area contributed by atoms with Crippen LogP contribution in [-0.4, -0.2) is 0 Å². The van der Waals surface area contributed by atoms with Gasteiger partial charge in [0, 0.05) is 98.1 Å². The first kappa shape index (κ1) is 110. The number of hydrogen-bond acceptors (Lipinski definition) is 0. The molecule has 0 aliphatic carbocycles. The molecule has 0 aliphatic rings. The van der Waals surface area contributed by atoms with Crippen LogP contribution in [0.15, 0.2) is 0 Å². The molecule has 0 aromatic heterocycles. The van der Waals surface area contributed by atoms with Gasteiger partial charge in [0.2, 0.25) is 0 Å². The van der Waals surface area contributed by atoms with Crippen LogP contribution < -0.4 is 0 Å². The van der Waals surface area contributed by atoms with Crippen molar-refractivity contribution in [3.63, 3.8) is 0 Å². The van der Waals surface area contributed by atoms with Gasteiger partial charge < -0.3 is 29.7 Å². The minimum absolute atomic E-state index is 0. The Morgan fingerprint density at radius 3 is 0.375 bits per heavy atom. The van der Waals surface area contributed by atoms with Crippen LogP contribution in [0.1, 0.15) is 7.43 Å². The zero-order chi connectivity index (χ0) is 0. The van der Waals surface area contributed by atoms with Crippen molar-refractivity contribution < 1.29 is 98.1 Å². The van der Waals surface area contributed by atoms with Gasteiger partial charge >= 0.3 is 0 Å². The monoisotopic (exact) mass is 343 g/mol. The molecule has 0 spiro atoms. The van der Waals surface area contributed by atoms with Crippen molar-refractivity contribution in [1.29, 1.82) is 0 Å². The predicted molar refractivity (Wildman–Crippen MR) is 32.4 cm³/mol. The SMILES string of the molecule is C.[CH3-].[CH3-].[CH3-].[CH3-].[Y].[Y].[Y]. The van der Waals surface area contributed by atoms with E-state index in [9.17, 15) is 0 Å². The zero-order valence-corrected chi connectivity index (χ0v) is 14.2. The fourth-order valence-electron chi connectivity index (χ4n) is 0. The molecule has 0 fully saturated rings. The second-order valence-electron chi connectivity index (χ2n) is 0. The first-order valence-electron chi connectivity index (χ1n) is 0. The Labute approximate surface area is 132 Å². The third-order valence-corrected chi connectivity index (χ3v) is 0. The van der Waals surface area contributed by atoms with Crippen LogP contribution in [0.5, 0.6) is 0 Å². The van der Waals surface area contributed by atoms with Crippen molar-refractivity contribution in [3.8, 4) is 0 Å². The van der Waals surface area contributed by atoms with E-state index in [1.54, 1.807) is 0 Å². The van der Waals surface area contributed by atoms with E-state index in [1.807, 2.05) is 0 Å². The van der Waals surface area contributed by atoms with E-state index in [-0.39, 0.29) is 135 Å². The van der Waals surface area contributed by atoms with Gasteiger partial charge in [-0.25, -0.2) is 0 Å². The minimum Gasteiger partial charge on any atom is -0.358 e. The van der Waals surface area contributed by atoms with Crippen molar-refractivity contribution in [1.82, 2.24) is 0 Å². The van der Waals surface area contributed by atoms with E-state index < -0.39 is 0 Å². The molecular formula is C5H16Y3-4. The Bertz CT molecular complexity index is 7.64. The maximum absolute atomic E-state index is 0. The summed E-state index contributed by atoms with van der Waals surface area (Å²) in [6.07, 6.45) is 0. The van der Waals surface area contributed by atoms with Crippen molar-refractivity contribution in [2.45, 2.75) is 7.43 Å². The third kappa shape index (κ3) is 58.7. The Balaban J connectivity index is 0. The van der Waals surface area contributed by atoms with Crippen LogP contribution in [0.3, 0.4) is 0 Å². The second kappa shape index (κ2) is 81.5. The Kier molecular flexibility index (Phi) is 1120. The average Bonchev–Trinajstić information content (AvgIpc) is 0. The van der Waals surface area contributed by atoms with Crippen LogP contribution in [0, 0.1) is 29.7 Å².